The minimum atomic E-state index is -0.502. The molecule has 2 aromatic rings. The molecule has 0 spiro atoms. The van der Waals surface area contributed by atoms with E-state index in [-0.39, 0.29) is 23.8 Å². The first-order chi connectivity index (χ1) is 11.0. The molecule has 2 aliphatic carbocycles. The average molecular weight is 316 g/mol. The number of rotatable bonds is 4. The summed E-state index contributed by atoms with van der Waals surface area (Å²) in [6, 6.07) is -0.399. The van der Waals surface area contributed by atoms with Crippen molar-refractivity contribution in [3.05, 3.63) is 35.3 Å². The molecular formula is C16H20N4O3. The monoisotopic (exact) mass is 316 g/mol. The molecule has 0 aliphatic heterocycles. The van der Waals surface area contributed by atoms with Crippen LogP contribution in [0.1, 0.15) is 58.9 Å². The van der Waals surface area contributed by atoms with Crippen LogP contribution in [0.2, 0.25) is 0 Å². The van der Waals surface area contributed by atoms with Gasteiger partial charge in [0.05, 0.1) is 30.1 Å². The van der Waals surface area contributed by atoms with Gasteiger partial charge in [-0.05, 0) is 38.7 Å². The van der Waals surface area contributed by atoms with Crippen molar-refractivity contribution < 1.29 is 14.3 Å². The molecule has 3 atom stereocenters. The maximum Gasteiger partial charge on any atom is 0.289 e. The number of nitrogens with one attached hydrogen (secondary N) is 1. The Morgan fingerprint density at radius 1 is 1.43 bits per heavy atom. The second-order valence-corrected chi connectivity index (χ2v) is 6.61. The number of aryl methyl sites for hydroxylation is 2. The maximum atomic E-state index is 12.5. The quantitative estimate of drug-likeness (QED) is 0.891. The molecule has 2 heterocycles. The molecule has 0 saturated heterocycles. The molecule has 0 aromatic carbocycles. The second-order valence-electron chi connectivity index (χ2n) is 6.61. The molecule has 2 fully saturated rings. The third-order valence-electron chi connectivity index (χ3n) is 4.60. The highest BCUT2D eigenvalue weighted by Gasteiger charge is 2.43. The van der Waals surface area contributed by atoms with Crippen LogP contribution in [0, 0.1) is 13.8 Å². The third-order valence-corrected chi connectivity index (χ3v) is 4.60. The van der Waals surface area contributed by atoms with Crippen LogP contribution in [0.25, 0.3) is 0 Å². The lowest BCUT2D eigenvalue weighted by atomic mass is 9.83. The van der Waals surface area contributed by atoms with Gasteiger partial charge in [-0.1, -0.05) is 0 Å². The van der Waals surface area contributed by atoms with Crippen molar-refractivity contribution in [2.45, 2.75) is 57.2 Å². The Hall–Kier alpha value is -2.15. The van der Waals surface area contributed by atoms with Gasteiger partial charge < -0.3 is 14.8 Å². The first-order valence-corrected chi connectivity index (χ1v) is 8.00. The van der Waals surface area contributed by atoms with Crippen molar-refractivity contribution in [2.75, 3.05) is 0 Å². The molecule has 23 heavy (non-hydrogen) atoms. The Morgan fingerprint density at radius 2 is 2.22 bits per heavy atom. The number of aliphatic hydroxyl groups excluding tert-OH is 1. The molecule has 2 N–H and O–H groups in total. The first kappa shape index (κ1) is 14.4. The fourth-order valence-electron chi connectivity index (χ4n) is 3.08. The zero-order valence-corrected chi connectivity index (χ0v) is 13.2. The second kappa shape index (κ2) is 5.19. The van der Waals surface area contributed by atoms with E-state index in [1.807, 2.05) is 13.1 Å². The minimum Gasteiger partial charge on any atom is -0.435 e. The number of hydrogen-bond donors (Lipinski definition) is 2. The predicted molar refractivity (Wildman–Crippen MR) is 81.1 cm³/mol. The van der Waals surface area contributed by atoms with Gasteiger partial charge in [0.25, 0.3) is 5.91 Å². The van der Waals surface area contributed by atoms with E-state index in [0.29, 0.717) is 23.9 Å². The lowest BCUT2D eigenvalue weighted by molar-refractivity contribution is -0.00628. The molecule has 122 valence electrons. The number of oxazole rings is 1. The average Bonchev–Trinajstić information content (AvgIpc) is 3.15. The van der Waals surface area contributed by atoms with Crippen LogP contribution in [0.5, 0.6) is 0 Å². The van der Waals surface area contributed by atoms with Crippen molar-refractivity contribution in [3.8, 4) is 0 Å². The van der Waals surface area contributed by atoms with Crippen LogP contribution in [0.3, 0.4) is 0 Å². The summed E-state index contributed by atoms with van der Waals surface area (Å²) in [4.78, 5) is 16.8. The molecule has 0 bridgehead atoms. The van der Waals surface area contributed by atoms with Crippen LogP contribution in [0.15, 0.2) is 16.8 Å². The smallest absolute Gasteiger partial charge is 0.289 e. The van der Waals surface area contributed by atoms with E-state index < -0.39 is 6.10 Å². The number of aliphatic hydroxyl groups is 1. The zero-order valence-electron chi connectivity index (χ0n) is 13.2. The molecule has 4 rings (SSSR count). The highest BCUT2D eigenvalue weighted by atomic mass is 16.4. The van der Waals surface area contributed by atoms with Crippen molar-refractivity contribution in [1.82, 2.24) is 20.1 Å². The molecule has 2 saturated carbocycles. The van der Waals surface area contributed by atoms with E-state index in [0.717, 1.165) is 18.4 Å². The Labute approximate surface area is 133 Å². The van der Waals surface area contributed by atoms with Gasteiger partial charge >= 0.3 is 0 Å². The Balaban J connectivity index is 1.48. The van der Waals surface area contributed by atoms with Gasteiger partial charge in [0, 0.05) is 12.1 Å². The summed E-state index contributed by atoms with van der Waals surface area (Å²) in [6.07, 6.45) is 5.78. The summed E-state index contributed by atoms with van der Waals surface area (Å²) in [6.45, 7) is 3.73. The summed E-state index contributed by atoms with van der Waals surface area (Å²) >= 11 is 0. The number of nitrogens with zero attached hydrogens (tertiary/aromatic N) is 3. The van der Waals surface area contributed by atoms with Crippen molar-refractivity contribution in [1.29, 1.82) is 0 Å². The number of aromatic nitrogens is 3. The number of carbonyl (C=O) groups excluding carboxylic acids is 1. The van der Waals surface area contributed by atoms with E-state index in [1.165, 1.54) is 0 Å². The molecule has 2 aromatic heterocycles. The van der Waals surface area contributed by atoms with E-state index in [9.17, 15) is 9.90 Å². The van der Waals surface area contributed by atoms with Gasteiger partial charge in [0.2, 0.25) is 5.76 Å². The highest BCUT2D eigenvalue weighted by Crippen LogP contribution is 2.40. The summed E-state index contributed by atoms with van der Waals surface area (Å²) in [7, 11) is 0. The van der Waals surface area contributed by atoms with Gasteiger partial charge in [0.1, 0.15) is 0 Å². The largest absolute Gasteiger partial charge is 0.435 e. The molecule has 0 radical (unpaired) electrons. The fraction of sp³-hybridized carbons (Fsp3) is 0.562. The lowest BCUT2D eigenvalue weighted by Gasteiger charge is -2.41. The van der Waals surface area contributed by atoms with Gasteiger partial charge in [0.15, 0.2) is 5.89 Å². The Kier molecular flexibility index (Phi) is 3.26. The molecular weight excluding hydrogens is 296 g/mol. The summed E-state index contributed by atoms with van der Waals surface area (Å²) in [5.74, 6) is 1.05. The number of carbonyl (C=O) groups is 1. The third kappa shape index (κ3) is 2.55. The fourth-order valence-corrected chi connectivity index (χ4v) is 3.08. The highest BCUT2D eigenvalue weighted by molar-refractivity contribution is 5.92. The van der Waals surface area contributed by atoms with E-state index >= 15 is 0 Å². The van der Waals surface area contributed by atoms with Crippen LogP contribution in [-0.4, -0.2) is 37.9 Å². The van der Waals surface area contributed by atoms with Gasteiger partial charge in [-0.2, -0.15) is 5.10 Å². The summed E-state index contributed by atoms with van der Waals surface area (Å²) in [5.41, 5.74) is 1.64. The van der Waals surface area contributed by atoms with Gasteiger partial charge in [-0.3, -0.25) is 9.48 Å². The topological polar surface area (TPSA) is 93.2 Å². The normalized spacial score (nSPS) is 26.8. The number of amides is 1. The molecule has 0 unspecified atom stereocenters. The van der Waals surface area contributed by atoms with E-state index in [4.69, 9.17) is 4.42 Å². The van der Waals surface area contributed by atoms with Crippen LogP contribution in [-0.2, 0) is 0 Å². The van der Waals surface area contributed by atoms with Gasteiger partial charge in [-0.25, -0.2) is 4.98 Å². The first-order valence-electron chi connectivity index (χ1n) is 8.00. The number of hydrogen-bond acceptors (Lipinski definition) is 5. The standard InChI is InChI=1S/C16H20N4O3/c1-8-6-17-20(7-8)13-11(5-12(13)21)19-15(22)14-9(2)18-16(23-14)10-3-4-10/h6-7,10-13,21H,3-5H2,1-2H3,(H,19,22)/t11-,12+,13+/m0/s1. The maximum absolute atomic E-state index is 12.5. The lowest BCUT2D eigenvalue weighted by Crippen LogP contribution is -2.56. The van der Waals surface area contributed by atoms with Crippen molar-refractivity contribution in [3.63, 3.8) is 0 Å². The van der Waals surface area contributed by atoms with Crippen LogP contribution >= 0.6 is 0 Å². The minimum absolute atomic E-state index is 0.161. The molecule has 7 nitrogen and oxygen atoms in total. The van der Waals surface area contributed by atoms with Crippen molar-refractivity contribution in [2.24, 2.45) is 0 Å². The Morgan fingerprint density at radius 3 is 2.83 bits per heavy atom. The summed E-state index contributed by atoms with van der Waals surface area (Å²) in [5, 5.41) is 17.2. The van der Waals surface area contributed by atoms with Gasteiger partial charge in [-0.15, -0.1) is 0 Å². The Bertz CT molecular complexity index is 746. The van der Waals surface area contributed by atoms with E-state index in [1.54, 1.807) is 17.8 Å². The summed E-state index contributed by atoms with van der Waals surface area (Å²) < 4.78 is 7.35. The predicted octanol–water partition coefficient (Wildman–Crippen LogP) is 1.47. The van der Waals surface area contributed by atoms with E-state index in [2.05, 4.69) is 15.4 Å². The molecule has 2 aliphatic rings. The molecule has 7 heteroatoms. The van der Waals surface area contributed by atoms with Crippen molar-refractivity contribution >= 4 is 5.91 Å². The molecule has 1 amide bonds. The van der Waals surface area contributed by atoms with Crippen LogP contribution in [0.4, 0.5) is 0 Å². The zero-order chi connectivity index (χ0) is 16.1. The van der Waals surface area contributed by atoms with Crippen LogP contribution < -0.4 is 5.32 Å². The SMILES string of the molecule is Cc1cnn([C@H]2[C@H](O)C[C@@H]2NC(=O)c2oc(C3CC3)nc2C)c1.